The van der Waals surface area contributed by atoms with Gasteiger partial charge in [-0.05, 0) is 54.7 Å². The Morgan fingerprint density at radius 2 is 1.36 bits per heavy atom. The Kier molecular flexibility index (Phi) is 4.28. The molecule has 9 rings (SSSR count). The summed E-state index contributed by atoms with van der Waals surface area (Å²) in [6, 6.07) is 39.0. The van der Waals surface area contributed by atoms with Gasteiger partial charge in [-0.15, -0.1) is 0 Å². The zero-order valence-corrected chi connectivity index (χ0v) is 21.3. The number of rotatable bonds is 2. The zero-order chi connectivity index (χ0) is 25.5. The lowest BCUT2D eigenvalue weighted by Gasteiger charge is -2.25. The highest BCUT2D eigenvalue weighted by molar-refractivity contribution is 6.09. The van der Waals surface area contributed by atoms with E-state index in [-0.39, 0.29) is 5.92 Å². The van der Waals surface area contributed by atoms with Gasteiger partial charge in [-0.25, -0.2) is 0 Å². The van der Waals surface area contributed by atoms with Gasteiger partial charge in [0.15, 0.2) is 0 Å². The summed E-state index contributed by atoms with van der Waals surface area (Å²) in [7, 11) is 0. The Labute approximate surface area is 225 Å². The first-order chi connectivity index (χ1) is 19.3. The monoisotopic (exact) mass is 503 g/mol. The molecule has 0 amide bonds. The summed E-state index contributed by atoms with van der Waals surface area (Å²) in [5, 5.41) is 4.94. The SMILES string of the molecule is C1=C2Oc3cc(-n4c5ccccc5c5ccccc54)ccc3C2CC(c2cccc3c2oc2ccccc23)C1. The Bertz CT molecular complexity index is 2070. The third-order valence-corrected chi connectivity index (χ3v) is 8.78. The van der Waals surface area contributed by atoms with E-state index in [2.05, 4.69) is 114 Å². The quantitative estimate of drug-likeness (QED) is 0.235. The summed E-state index contributed by atoms with van der Waals surface area (Å²) in [5.74, 6) is 2.73. The molecule has 0 N–H and O–H groups in total. The molecule has 1 aliphatic carbocycles. The van der Waals surface area contributed by atoms with Crippen molar-refractivity contribution >= 4 is 43.7 Å². The molecule has 186 valence electrons. The van der Waals surface area contributed by atoms with Gasteiger partial charge in [0.05, 0.1) is 11.0 Å². The fraction of sp³-hybridized carbons (Fsp3) is 0.111. The average molecular weight is 504 g/mol. The fourth-order valence-electron chi connectivity index (χ4n) is 7.00. The van der Waals surface area contributed by atoms with Crippen molar-refractivity contribution in [3.05, 3.63) is 132 Å². The smallest absolute Gasteiger partial charge is 0.138 e. The second kappa shape index (κ2) is 7.87. The standard InChI is InChI=1S/C36H25NO2/c1-4-13-31-25(8-1)26-9-2-5-14-32(26)37(31)23-17-18-28-30-20-22(16-19-34(30)38-35(28)21-23)24-11-7-12-29-27-10-3-6-15-33(27)39-36(24)29/h1-15,17-19,21-22,30H,16,20H2. The molecule has 0 saturated carbocycles. The number of para-hydroxylation sites is 4. The molecule has 2 unspecified atom stereocenters. The molecule has 39 heavy (non-hydrogen) atoms. The van der Waals surface area contributed by atoms with Crippen LogP contribution >= 0.6 is 0 Å². The molecule has 0 saturated heterocycles. The first kappa shape index (κ1) is 21.2. The Morgan fingerprint density at radius 1 is 0.641 bits per heavy atom. The zero-order valence-electron chi connectivity index (χ0n) is 21.3. The number of hydrogen-bond donors (Lipinski definition) is 0. The molecule has 0 bridgehead atoms. The Balaban J connectivity index is 1.12. The third-order valence-electron chi connectivity index (χ3n) is 8.78. The second-order valence-corrected chi connectivity index (χ2v) is 10.8. The van der Waals surface area contributed by atoms with Gasteiger partial charge in [0, 0.05) is 44.8 Å². The third kappa shape index (κ3) is 2.99. The lowest BCUT2D eigenvalue weighted by molar-refractivity contribution is 0.390. The van der Waals surface area contributed by atoms with Crippen LogP contribution in [0.2, 0.25) is 0 Å². The second-order valence-electron chi connectivity index (χ2n) is 10.8. The number of aromatic nitrogens is 1. The number of allylic oxidation sites excluding steroid dienone is 2. The molecule has 1 aliphatic heterocycles. The van der Waals surface area contributed by atoms with Crippen LogP contribution in [0.15, 0.2) is 125 Å². The van der Waals surface area contributed by atoms with Crippen LogP contribution in [0.1, 0.15) is 35.8 Å². The predicted molar refractivity (Wildman–Crippen MR) is 158 cm³/mol. The summed E-state index contributed by atoms with van der Waals surface area (Å²) in [5.41, 5.74) is 8.13. The normalized spacial score (nSPS) is 18.4. The van der Waals surface area contributed by atoms with Crippen molar-refractivity contribution in [2.75, 3.05) is 0 Å². The maximum atomic E-state index is 6.52. The summed E-state index contributed by atoms with van der Waals surface area (Å²) in [6.45, 7) is 0. The number of ether oxygens (including phenoxy) is 1. The van der Waals surface area contributed by atoms with Crippen molar-refractivity contribution in [2.45, 2.75) is 24.7 Å². The lowest BCUT2D eigenvalue weighted by atomic mass is 9.78. The van der Waals surface area contributed by atoms with Crippen LogP contribution in [-0.2, 0) is 0 Å². The molecule has 0 fully saturated rings. The van der Waals surface area contributed by atoms with Crippen LogP contribution in [0, 0.1) is 0 Å². The summed E-state index contributed by atoms with van der Waals surface area (Å²) in [6.07, 6.45) is 4.28. The van der Waals surface area contributed by atoms with Crippen molar-refractivity contribution < 1.29 is 9.15 Å². The van der Waals surface area contributed by atoms with Crippen molar-refractivity contribution in [3.8, 4) is 11.4 Å². The van der Waals surface area contributed by atoms with E-state index < -0.39 is 0 Å². The Hall–Kier alpha value is -4.76. The number of benzene rings is 5. The van der Waals surface area contributed by atoms with Gasteiger partial charge in [-0.2, -0.15) is 0 Å². The largest absolute Gasteiger partial charge is 0.461 e. The van der Waals surface area contributed by atoms with Gasteiger partial charge in [-0.3, -0.25) is 0 Å². The molecule has 3 heteroatoms. The highest BCUT2D eigenvalue weighted by atomic mass is 16.5. The predicted octanol–water partition coefficient (Wildman–Crippen LogP) is 9.62. The van der Waals surface area contributed by atoms with E-state index in [0.717, 1.165) is 41.2 Å². The van der Waals surface area contributed by atoms with Gasteiger partial charge in [0.1, 0.15) is 22.7 Å². The summed E-state index contributed by atoms with van der Waals surface area (Å²) >= 11 is 0. The molecule has 3 heterocycles. The van der Waals surface area contributed by atoms with Gasteiger partial charge in [0.2, 0.25) is 0 Å². The van der Waals surface area contributed by atoms with E-state index in [9.17, 15) is 0 Å². The van der Waals surface area contributed by atoms with Crippen LogP contribution in [0.25, 0.3) is 49.4 Å². The number of fused-ring (bicyclic) bond motifs is 9. The molecule has 3 nitrogen and oxygen atoms in total. The highest BCUT2D eigenvalue weighted by Gasteiger charge is 2.36. The number of nitrogens with zero attached hydrogens (tertiary/aromatic N) is 1. The van der Waals surface area contributed by atoms with Crippen LogP contribution in [0.4, 0.5) is 0 Å². The van der Waals surface area contributed by atoms with E-state index >= 15 is 0 Å². The van der Waals surface area contributed by atoms with E-state index in [1.165, 1.54) is 43.7 Å². The number of hydrogen-bond acceptors (Lipinski definition) is 2. The van der Waals surface area contributed by atoms with E-state index in [0.29, 0.717) is 5.92 Å². The highest BCUT2D eigenvalue weighted by Crippen LogP contribution is 2.51. The molecular weight excluding hydrogens is 478 g/mol. The number of furan rings is 1. The lowest BCUT2D eigenvalue weighted by Crippen LogP contribution is -2.12. The van der Waals surface area contributed by atoms with Crippen molar-refractivity contribution in [2.24, 2.45) is 0 Å². The van der Waals surface area contributed by atoms with Crippen molar-refractivity contribution in [1.29, 1.82) is 0 Å². The topological polar surface area (TPSA) is 27.3 Å². The van der Waals surface area contributed by atoms with E-state index in [1.54, 1.807) is 0 Å². The maximum Gasteiger partial charge on any atom is 0.138 e. The minimum atomic E-state index is 0.269. The minimum Gasteiger partial charge on any atom is -0.461 e. The molecule has 5 aromatic carbocycles. The van der Waals surface area contributed by atoms with Gasteiger partial charge >= 0.3 is 0 Å². The molecular formula is C36H25NO2. The molecule has 2 aromatic heterocycles. The molecule has 2 atom stereocenters. The van der Waals surface area contributed by atoms with Crippen molar-refractivity contribution in [3.63, 3.8) is 0 Å². The first-order valence-electron chi connectivity index (χ1n) is 13.7. The van der Waals surface area contributed by atoms with Crippen LogP contribution in [-0.4, -0.2) is 4.57 Å². The summed E-state index contributed by atoms with van der Waals surface area (Å²) < 4.78 is 15.3. The molecule has 7 aromatic rings. The molecule has 2 aliphatic rings. The maximum absolute atomic E-state index is 6.52. The first-order valence-corrected chi connectivity index (χ1v) is 13.7. The van der Waals surface area contributed by atoms with E-state index in [1.807, 2.05) is 6.07 Å². The van der Waals surface area contributed by atoms with E-state index in [4.69, 9.17) is 9.15 Å². The fourth-order valence-corrected chi connectivity index (χ4v) is 7.00. The van der Waals surface area contributed by atoms with Gasteiger partial charge < -0.3 is 13.7 Å². The van der Waals surface area contributed by atoms with Gasteiger partial charge in [-0.1, -0.05) is 78.9 Å². The molecule has 0 radical (unpaired) electrons. The van der Waals surface area contributed by atoms with Crippen LogP contribution < -0.4 is 4.74 Å². The minimum absolute atomic E-state index is 0.269. The summed E-state index contributed by atoms with van der Waals surface area (Å²) in [4.78, 5) is 0. The van der Waals surface area contributed by atoms with Crippen LogP contribution in [0.3, 0.4) is 0 Å². The van der Waals surface area contributed by atoms with Crippen molar-refractivity contribution in [1.82, 2.24) is 4.57 Å². The van der Waals surface area contributed by atoms with Gasteiger partial charge in [0.25, 0.3) is 0 Å². The Morgan fingerprint density at radius 3 is 2.18 bits per heavy atom. The van der Waals surface area contributed by atoms with Crippen LogP contribution in [0.5, 0.6) is 5.75 Å². The average Bonchev–Trinajstić information content (AvgIpc) is 3.66. The molecule has 0 spiro atoms.